The van der Waals surface area contributed by atoms with Crippen molar-refractivity contribution in [2.24, 2.45) is 0 Å². The first kappa shape index (κ1) is 16.5. The van der Waals surface area contributed by atoms with Crippen molar-refractivity contribution >= 4 is 5.91 Å². The smallest absolute Gasteiger partial charge is 0.254 e. The molecule has 0 saturated carbocycles. The molecule has 1 atom stereocenters. The quantitative estimate of drug-likeness (QED) is 0.864. The number of rotatable bonds is 4. The monoisotopic (exact) mass is 329 g/mol. The number of hydrogen-bond acceptors (Lipinski definition) is 4. The minimum atomic E-state index is -0.352. The summed E-state index contributed by atoms with van der Waals surface area (Å²) in [6.07, 6.45) is 4.76. The highest BCUT2D eigenvalue weighted by atomic mass is 19.1. The summed E-state index contributed by atoms with van der Waals surface area (Å²) in [5.74, 6) is -0.501. The molecule has 24 heavy (non-hydrogen) atoms. The Labute approximate surface area is 140 Å². The predicted octanol–water partition coefficient (Wildman–Crippen LogP) is 2.40. The summed E-state index contributed by atoms with van der Waals surface area (Å²) < 4.78 is 19.4. The van der Waals surface area contributed by atoms with Gasteiger partial charge >= 0.3 is 0 Å². The second kappa shape index (κ2) is 7.49. The van der Waals surface area contributed by atoms with Crippen LogP contribution in [-0.2, 0) is 11.2 Å². The number of ether oxygens (including phenoxy) is 1. The first-order valence-electron chi connectivity index (χ1n) is 8.05. The maximum absolute atomic E-state index is 13.7. The summed E-state index contributed by atoms with van der Waals surface area (Å²) in [5.41, 5.74) is 1.88. The van der Waals surface area contributed by atoms with Crippen molar-refractivity contribution in [1.29, 1.82) is 0 Å². The fourth-order valence-corrected chi connectivity index (χ4v) is 2.76. The van der Waals surface area contributed by atoms with Crippen LogP contribution in [0.1, 0.15) is 28.0 Å². The van der Waals surface area contributed by atoms with Gasteiger partial charge in [-0.25, -0.2) is 14.4 Å². The van der Waals surface area contributed by atoms with Gasteiger partial charge in [0.05, 0.1) is 12.7 Å². The van der Waals surface area contributed by atoms with E-state index in [2.05, 4.69) is 9.97 Å². The molecule has 1 amide bonds. The lowest BCUT2D eigenvalue weighted by Gasteiger charge is -2.33. The first-order chi connectivity index (χ1) is 11.6. The molecule has 2 heterocycles. The Balaban J connectivity index is 1.60. The summed E-state index contributed by atoms with van der Waals surface area (Å²) in [5, 5.41) is 0. The van der Waals surface area contributed by atoms with E-state index < -0.39 is 0 Å². The van der Waals surface area contributed by atoms with Crippen LogP contribution in [0.3, 0.4) is 0 Å². The van der Waals surface area contributed by atoms with E-state index in [1.807, 2.05) is 6.07 Å². The Hall–Kier alpha value is -2.34. The van der Waals surface area contributed by atoms with Gasteiger partial charge in [0.15, 0.2) is 0 Å². The lowest BCUT2D eigenvalue weighted by molar-refractivity contribution is -0.0247. The van der Waals surface area contributed by atoms with Crippen molar-refractivity contribution in [3.8, 4) is 0 Å². The van der Waals surface area contributed by atoms with Crippen LogP contribution in [0.25, 0.3) is 0 Å². The third-order valence-corrected chi connectivity index (χ3v) is 4.21. The van der Waals surface area contributed by atoms with E-state index in [1.54, 1.807) is 30.2 Å². The van der Waals surface area contributed by atoms with Crippen LogP contribution in [0.5, 0.6) is 0 Å². The second-order valence-electron chi connectivity index (χ2n) is 5.95. The number of nitrogens with zero attached hydrogens (tertiary/aromatic N) is 3. The highest BCUT2D eigenvalue weighted by molar-refractivity contribution is 5.94. The molecule has 0 aliphatic carbocycles. The minimum Gasteiger partial charge on any atom is -0.375 e. The van der Waals surface area contributed by atoms with Crippen molar-refractivity contribution in [2.75, 3.05) is 19.7 Å². The lowest BCUT2D eigenvalue weighted by atomic mass is 10.1. The summed E-state index contributed by atoms with van der Waals surface area (Å²) in [6, 6.07) is 6.49. The Morgan fingerprint density at radius 1 is 1.42 bits per heavy atom. The number of halogens is 1. The van der Waals surface area contributed by atoms with Crippen molar-refractivity contribution in [3.63, 3.8) is 0 Å². The molecule has 1 saturated heterocycles. The molecule has 6 heteroatoms. The van der Waals surface area contributed by atoms with Gasteiger partial charge in [0.1, 0.15) is 12.1 Å². The molecule has 1 aromatic carbocycles. The number of carbonyl (C=O) groups excluding carboxylic acids is 1. The maximum atomic E-state index is 13.7. The zero-order valence-electron chi connectivity index (χ0n) is 13.6. The normalized spacial score (nSPS) is 17.8. The van der Waals surface area contributed by atoms with Gasteiger partial charge in [-0.3, -0.25) is 4.79 Å². The zero-order chi connectivity index (χ0) is 16.9. The van der Waals surface area contributed by atoms with Crippen molar-refractivity contribution in [2.45, 2.75) is 25.9 Å². The van der Waals surface area contributed by atoms with Crippen LogP contribution in [0.2, 0.25) is 0 Å². The van der Waals surface area contributed by atoms with Gasteiger partial charge in [0, 0.05) is 30.5 Å². The van der Waals surface area contributed by atoms with Crippen LogP contribution >= 0.6 is 0 Å². The topological polar surface area (TPSA) is 55.3 Å². The van der Waals surface area contributed by atoms with E-state index in [4.69, 9.17) is 4.74 Å². The first-order valence-corrected chi connectivity index (χ1v) is 8.05. The predicted molar refractivity (Wildman–Crippen MR) is 87.1 cm³/mol. The molecule has 1 unspecified atom stereocenters. The Kier molecular flexibility index (Phi) is 5.15. The van der Waals surface area contributed by atoms with Crippen LogP contribution in [0.15, 0.2) is 36.8 Å². The average Bonchev–Trinajstić information content (AvgIpc) is 2.63. The highest BCUT2D eigenvalue weighted by Gasteiger charge is 2.25. The number of amides is 1. The van der Waals surface area contributed by atoms with Crippen molar-refractivity contribution in [1.82, 2.24) is 14.9 Å². The average molecular weight is 329 g/mol. The third-order valence-electron chi connectivity index (χ3n) is 4.21. The molecule has 3 rings (SSSR count). The number of hydrogen-bond donors (Lipinski definition) is 0. The van der Waals surface area contributed by atoms with E-state index in [1.165, 1.54) is 12.4 Å². The molecule has 0 spiro atoms. The molecule has 5 nitrogen and oxygen atoms in total. The third kappa shape index (κ3) is 3.94. The van der Waals surface area contributed by atoms with Crippen LogP contribution < -0.4 is 0 Å². The van der Waals surface area contributed by atoms with Crippen LogP contribution in [0.4, 0.5) is 4.39 Å². The molecule has 1 aliphatic rings. The number of aryl methyl sites for hydroxylation is 2. The van der Waals surface area contributed by atoms with Gasteiger partial charge in [-0.05, 0) is 43.5 Å². The molecule has 0 bridgehead atoms. The standard InChI is InChI=1S/C18H20FN3O2/c1-13-2-3-14(10-17(13)19)18(23)22-8-9-24-16(11-22)5-4-15-6-7-20-12-21-15/h2-3,6-7,10,12,16H,4-5,8-9,11H2,1H3. The van der Waals surface area contributed by atoms with Gasteiger partial charge < -0.3 is 9.64 Å². The second-order valence-corrected chi connectivity index (χ2v) is 5.95. The van der Waals surface area contributed by atoms with E-state index in [0.29, 0.717) is 30.8 Å². The van der Waals surface area contributed by atoms with Crippen LogP contribution in [-0.4, -0.2) is 46.6 Å². The Morgan fingerprint density at radius 2 is 2.29 bits per heavy atom. The van der Waals surface area contributed by atoms with Gasteiger partial charge in [-0.15, -0.1) is 0 Å². The molecular weight excluding hydrogens is 309 g/mol. The van der Waals surface area contributed by atoms with E-state index in [0.717, 1.165) is 18.5 Å². The summed E-state index contributed by atoms with van der Waals surface area (Å²) in [6.45, 7) is 3.22. The van der Waals surface area contributed by atoms with Crippen LogP contribution in [0, 0.1) is 12.7 Å². The molecular formula is C18H20FN3O2. The summed E-state index contributed by atoms with van der Waals surface area (Å²) in [7, 11) is 0. The maximum Gasteiger partial charge on any atom is 0.254 e. The number of carbonyl (C=O) groups is 1. The van der Waals surface area contributed by atoms with E-state index >= 15 is 0 Å². The fraction of sp³-hybridized carbons (Fsp3) is 0.389. The van der Waals surface area contributed by atoms with Crippen molar-refractivity contribution < 1.29 is 13.9 Å². The molecule has 1 aliphatic heterocycles. The molecule has 2 aromatic rings. The number of aromatic nitrogens is 2. The summed E-state index contributed by atoms with van der Waals surface area (Å²) in [4.78, 5) is 22.4. The minimum absolute atomic E-state index is 0.0343. The molecule has 126 valence electrons. The van der Waals surface area contributed by atoms with Gasteiger partial charge in [0.2, 0.25) is 0 Å². The van der Waals surface area contributed by atoms with Gasteiger partial charge in [0.25, 0.3) is 5.91 Å². The fourth-order valence-electron chi connectivity index (χ4n) is 2.76. The SMILES string of the molecule is Cc1ccc(C(=O)N2CCOC(CCc3ccncn3)C2)cc1F. The van der Waals surface area contributed by atoms with E-state index in [-0.39, 0.29) is 17.8 Å². The molecule has 0 radical (unpaired) electrons. The molecule has 1 aromatic heterocycles. The zero-order valence-corrected chi connectivity index (χ0v) is 13.6. The number of morpholine rings is 1. The van der Waals surface area contributed by atoms with Crippen molar-refractivity contribution in [3.05, 3.63) is 59.4 Å². The Bertz CT molecular complexity index is 709. The van der Waals surface area contributed by atoms with Gasteiger partial charge in [-0.2, -0.15) is 0 Å². The largest absolute Gasteiger partial charge is 0.375 e. The lowest BCUT2D eigenvalue weighted by Crippen LogP contribution is -2.45. The highest BCUT2D eigenvalue weighted by Crippen LogP contribution is 2.16. The Morgan fingerprint density at radius 3 is 3.04 bits per heavy atom. The number of benzene rings is 1. The summed E-state index contributed by atoms with van der Waals surface area (Å²) >= 11 is 0. The van der Waals surface area contributed by atoms with E-state index in [9.17, 15) is 9.18 Å². The van der Waals surface area contributed by atoms with Gasteiger partial charge in [-0.1, -0.05) is 6.07 Å². The molecule has 1 fully saturated rings. The molecule has 0 N–H and O–H groups in total.